The summed E-state index contributed by atoms with van der Waals surface area (Å²) in [6.45, 7) is 4.64. The summed E-state index contributed by atoms with van der Waals surface area (Å²) < 4.78 is 0. The number of likely N-dealkylation sites (tertiary alicyclic amines) is 1. The largest absolute Gasteiger partial charge is 0.508 e. The maximum absolute atomic E-state index is 12.7. The van der Waals surface area contributed by atoms with Gasteiger partial charge in [-0.25, -0.2) is 0 Å². The Morgan fingerprint density at radius 3 is 2.76 bits per heavy atom. The summed E-state index contributed by atoms with van der Waals surface area (Å²) in [5.74, 6) is -0.112. The number of carbonyl (C=O) groups excluding carboxylic acids is 2. The first kappa shape index (κ1) is 20.9. The highest BCUT2D eigenvalue weighted by molar-refractivity contribution is 6.33. The van der Waals surface area contributed by atoms with Crippen LogP contribution in [0.25, 0.3) is 11.1 Å². The van der Waals surface area contributed by atoms with E-state index in [-0.39, 0.29) is 30.0 Å². The van der Waals surface area contributed by atoms with E-state index < -0.39 is 0 Å². The van der Waals surface area contributed by atoms with Crippen LogP contribution in [-0.2, 0) is 16.0 Å². The van der Waals surface area contributed by atoms with E-state index in [1.165, 1.54) is 12.1 Å². The SMILES string of the molecule is C=CC(=O)N[C@@H]1CCCN(C(=O)CCc2cc(-c3ccccc3)c(Cl)cc2O)C1. The zero-order valence-corrected chi connectivity index (χ0v) is 17.0. The highest BCUT2D eigenvalue weighted by Crippen LogP contribution is 2.34. The van der Waals surface area contributed by atoms with Crippen LogP contribution >= 0.6 is 11.6 Å². The molecule has 29 heavy (non-hydrogen) atoms. The summed E-state index contributed by atoms with van der Waals surface area (Å²) in [7, 11) is 0. The number of aromatic hydroxyl groups is 1. The first-order chi connectivity index (χ1) is 14.0. The van der Waals surface area contributed by atoms with Crippen molar-refractivity contribution in [2.45, 2.75) is 31.7 Å². The number of piperidine rings is 1. The Morgan fingerprint density at radius 1 is 1.28 bits per heavy atom. The molecular formula is C23H25ClN2O3. The van der Waals surface area contributed by atoms with Crippen molar-refractivity contribution in [2.75, 3.05) is 13.1 Å². The standard InChI is InChI=1S/C23H25ClN2O3/c1-2-22(28)25-18-9-6-12-26(15-18)23(29)11-10-17-13-19(20(24)14-21(17)27)16-7-4-3-5-8-16/h2-5,7-8,13-14,18,27H,1,6,9-12,15H2,(H,25,28)/t18-/m1/s1. The average molecular weight is 413 g/mol. The molecule has 1 aliphatic heterocycles. The molecule has 0 saturated carbocycles. The van der Waals surface area contributed by atoms with Gasteiger partial charge in [-0.1, -0.05) is 48.5 Å². The lowest BCUT2D eigenvalue weighted by molar-refractivity contribution is -0.133. The Bertz CT molecular complexity index is 898. The minimum atomic E-state index is -0.219. The Kier molecular flexibility index (Phi) is 6.94. The van der Waals surface area contributed by atoms with Gasteiger partial charge in [0.25, 0.3) is 0 Å². The highest BCUT2D eigenvalue weighted by atomic mass is 35.5. The smallest absolute Gasteiger partial charge is 0.243 e. The van der Waals surface area contributed by atoms with Crippen molar-refractivity contribution >= 4 is 23.4 Å². The van der Waals surface area contributed by atoms with Gasteiger partial charge >= 0.3 is 0 Å². The number of rotatable bonds is 6. The summed E-state index contributed by atoms with van der Waals surface area (Å²) >= 11 is 6.31. The molecule has 152 valence electrons. The average Bonchev–Trinajstić information content (AvgIpc) is 2.73. The van der Waals surface area contributed by atoms with Crippen LogP contribution in [0.1, 0.15) is 24.8 Å². The number of nitrogens with one attached hydrogen (secondary N) is 1. The van der Waals surface area contributed by atoms with E-state index in [0.717, 1.165) is 24.0 Å². The number of benzene rings is 2. The minimum Gasteiger partial charge on any atom is -0.508 e. The normalized spacial score (nSPS) is 16.3. The van der Waals surface area contributed by atoms with E-state index in [9.17, 15) is 14.7 Å². The second kappa shape index (κ2) is 9.61. The van der Waals surface area contributed by atoms with Gasteiger partial charge in [-0.2, -0.15) is 0 Å². The predicted molar refractivity (Wildman–Crippen MR) is 115 cm³/mol. The van der Waals surface area contributed by atoms with Gasteiger partial charge in [0, 0.05) is 31.1 Å². The number of phenols is 1. The molecule has 6 heteroatoms. The lowest BCUT2D eigenvalue weighted by Gasteiger charge is -2.33. The molecule has 1 aliphatic rings. The lowest BCUT2D eigenvalue weighted by Crippen LogP contribution is -2.49. The molecule has 1 saturated heterocycles. The van der Waals surface area contributed by atoms with Crippen LogP contribution in [0.5, 0.6) is 5.75 Å². The third kappa shape index (κ3) is 5.39. The molecule has 1 fully saturated rings. The molecule has 2 aromatic carbocycles. The van der Waals surface area contributed by atoms with Crippen molar-refractivity contribution in [3.05, 3.63) is 65.7 Å². The van der Waals surface area contributed by atoms with Gasteiger partial charge in [0.1, 0.15) is 5.75 Å². The topological polar surface area (TPSA) is 69.6 Å². The second-order valence-electron chi connectivity index (χ2n) is 7.22. The molecule has 1 atom stereocenters. The molecule has 0 aliphatic carbocycles. The molecular weight excluding hydrogens is 388 g/mol. The Morgan fingerprint density at radius 2 is 2.03 bits per heavy atom. The number of carbonyl (C=O) groups is 2. The predicted octanol–water partition coefficient (Wildman–Crippen LogP) is 3.94. The molecule has 3 rings (SSSR count). The number of halogens is 1. The highest BCUT2D eigenvalue weighted by Gasteiger charge is 2.24. The number of aryl methyl sites for hydroxylation is 1. The van der Waals surface area contributed by atoms with E-state index in [1.54, 1.807) is 4.90 Å². The molecule has 5 nitrogen and oxygen atoms in total. The monoisotopic (exact) mass is 412 g/mol. The molecule has 0 radical (unpaired) electrons. The summed E-state index contributed by atoms with van der Waals surface area (Å²) in [6.07, 6.45) is 3.64. The maximum atomic E-state index is 12.7. The van der Waals surface area contributed by atoms with Crippen LogP contribution in [0.3, 0.4) is 0 Å². The van der Waals surface area contributed by atoms with Crippen LogP contribution in [0, 0.1) is 0 Å². The van der Waals surface area contributed by atoms with Crippen LogP contribution in [0.15, 0.2) is 55.1 Å². The van der Waals surface area contributed by atoms with Crippen LogP contribution < -0.4 is 5.32 Å². The summed E-state index contributed by atoms with van der Waals surface area (Å²) in [4.78, 5) is 26.0. The van der Waals surface area contributed by atoms with Crippen LogP contribution in [-0.4, -0.2) is 41.0 Å². The van der Waals surface area contributed by atoms with Crippen molar-refractivity contribution in [1.82, 2.24) is 10.2 Å². The van der Waals surface area contributed by atoms with E-state index >= 15 is 0 Å². The summed E-state index contributed by atoms with van der Waals surface area (Å²) in [6, 6.07) is 13.0. The number of nitrogens with zero attached hydrogens (tertiary/aromatic N) is 1. The molecule has 2 aromatic rings. The van der Waals surface area contributed by atoms with Crippen molar-refractivity contribution < 1.29 is 14.7 Å². The van der Waals surface area contributed by atoms with Gasteiger partial charge in [0.2, 0.25) is 11.8 Å². The fourth-order valence-electron chi connectivity index (χ4n) is 3.63. The van der Waals surface area contributed by atoms with Gasteiger partial charge in [-0.15, -0.1) is 0 Å². The zero-order chi connectivity index (χ0) is 20.8. The van der Waals surface area contributed by atoms with Gasteiger partial charge in [0.05, 0.1) is 5.02 Å². The number of hydrogen-bond donors (Lipinski definition) is 2. The molecule has 2 N–H and O–H groups in total. The Hall–Kier alpha value is -2.79. The van der Waals surface area contributed by atoms with E-state index in [1.807, 2.05) is 36.4 Å². The molecule has 0 spiro atoms. The molecule has 0 aromatic heterocycles. The fraction of sp³-hybridized carbons (Fsp3) is 0.304. The van der Waals surface area contributed by atoms with Crippen molar-refractivity contribution in [1.29, 1.82) is 0 Å². The molecule has 0 unspecified atom stereocenters. The molecule has 0 bridgehead atoms. The van der Waals surface area contributed by atoms with Crippen molar-refractivity contribution in [3.8, 4) is 16.9 Å². The van der Waals surface area contributed by atoms with E-state index in [2.05, 4.69) is 11.9 Å². The number of hydrogen-bond acceptors (Lipinski definition) is 3. The van der Waals surface area contributed by atoms with Crippen LogP contribution in [0.2, 0.25) is 5.02 Å². The first-order valence-corrected chi connectivity index (χ1v) is 10.1. The third-order valence-corrected chi connectivity index (χ3v) is 5.48. The van der Waals surface area contributed by atoms with Crippen molar-refractivity contribution in [2.24, 2.45) is 0 Å². The minimum absolute atomic E-state index is 0.0122. The number of phenolic OH excluding ortho intramolecular Hbond substituents is 1. The van der Waals surface area contributed by atoms with Crippen LogP contribution in [0.4, 0.5) is 0 Å². The van der Waals surface area contributed by atoms with Gasteiger partial charge in [-0.3, -0.25) is 9.59 Å². The van der Waals surface area contributed by atoms with E-state index in [4.69, 9.17) is 11.6 Å². The third-order valence-electron chi connectivity index (χ3n) is 5.17. The van der Waals surface area contributed by atoms with Gasteiger partial charge in [-0.05, 0) is 48.6 Å². The quantitative estimate of drug-likeness (QED) is 0.706. The second-order valence-corrected chi connectivity index (χ2v) is 7.63. The number of amides is 2. The molecule has 1 heterocycles. The lowest BCUT2D eigenvalue weighted by atomic mass is 9.99. The van der Waals surface area contributed by atoms with E-state index in [0.29, 0.717) is 30.1 Å². The zero-order valence-electron chi connectivity index (χ0n) is 16.2. The fourth-order valence-corrected chi connectivity index (χ4v) is 3.90. The van der Waals surface area contributed by atoms with Gasteiger partial charge in [0.15, 0.2) is 0 Å². The maximum Gasteiger partial charge on any atom is 0.243 e. The van der Waals surface area contributed by atoms with Gasteiger partial charge < -0.3 is 15.3 Å². The molecule has 2 amide bonds. The first-order valence-electron chi connectivity index (χ1n) is 9.75. The summed E-state index contributed by atoms with van der Waals surface area (Å²) in [5, 5.41) is 13.6. The summed E-state index contributed by atoms with van der Waals surface area (Å²) in [5.41, 5.74) is 2.48. The Labute approximate surface area is 176 Å². The van der Waals surface area contributed by atoms with Crippen molar-refractivity contribution in [3.63, 3.8) is 0 Å². The Balaban J connectivity index is 1.65.